The van der Waals surface area contributed by atoms with E-state index in [1.807, 2.05) is 23.1 Å². The van der Waals surface area contributed by atoms with Crippen LogP contribution in [0.15, 0.2) is 33.6 Å². The van der Waals surface area contributed by atoms with Crippen LogP contribution in [0.3, 0.4) is 0 Å². The molecule has 1 aromatic heterocycles. The molecule has 0 saturated heterocycles. The number of halogens is 1. The Kier molecular flexibility index (Phi) is 6.74. The van der Waals surface area contributed by atoms with Crippen molar-refractivity contribution in [3.63, 3.8) is 0 Å². The first-order valence-corrected chi connectivity index (χ1v) is 9.77. The van der Waals surface area contributed by atoms with Crippen LogP contribution in [-0.2, 0) is 18.7 Å². The molecule has 0 saturated carbocycles. The number of rotatable bonds is 7. The number of thiazole rings is 1. The molecule has 0 aliphatic heterocycles. The Labute approximate surface area is 143 Å². The van der Waals surface area contributed by atoms with Crippen LogP contribution < -0.4 is 5.32 Å². The Morgan fingerprint density at radius 2 is 2.00 bits per heavy atom. The lowest BCUT2D eigenvalue weighted by molar-refractivity contribution is 0.590. The predicted octanol–water partition coefficient (Wildman–Crippen LogP) is 5.26. The molecule has 0 aliphatic carbocycles. The van der Waals surface area contributed by atoms with Crippen LogP contribution >= 0.6 is 39.0 Å². The van der Waals surface area contributed by atoms with Gasteiger partial charge in [-0.05, 0) is 30.7 Å². The molecule has 0 aliphatic rings. The summed E-state index contributed by atoms with van der Waals surface area (Å²) in [5.41, 5.74) is 1.25. The topological polar surface area (TPSA) is 24.9 Å². The van der Waals surface area contributed by atoms with E-state index in [4.69, 9.17) is 4.98 Å². The zero-order valence-electron chi connectivity index (χ0n) is 12.6. The van der Waals surface area contributed by atoms with Crippen molar-refractivity contribution < 1.29 is 0 Å². The summed E-state index contributed by atoms with van der Waals surface area (Å²) in [5, 5.41) is 4.71. The zero-order chi connectivity index (χ0) is 15.2. The molecule has 114 valence electrons. The van der Waals surface area contributed by atoms with Crippen molar-refractivity contribution in [3.05, 3.63) is 44.3 Å². The normalized spacial score (nSPS) is 11.3. The molecule has 0 spiro atoms. The number of thioether (sulfide) groups is 1. The first-order chi connectivity index (χ1) is 10.1. The summed E-state index contributed by atoms with van der Waals surface area (Å²) in [5.74, 6) is 0.945. The van der Waals surface area contributed by atoms with Crippen LogP contribution in [0.2, 0.25) is 0 Å². The summed E-state index contributed by atoms with van der Waals surface area (Å²) < 4.78 is 1.12. The molecule has 0 amide bonds. The molecule has 0 radical (unpaired) electrons. The van der Waals surface area contributed by atoms with Crippen molar-refractivity contribution >= 4 is 39.0 Å². The van der Waals surface area contributed by atoms with Gasteiger partial charge in [-0.1, -0.05) is 36.7 Å². The van der Waals surface area contributed by atoms with Gasteiger partial charge in [0, 0.05) is 26.8 Å². The largest absolute Gasteiger partial charge is 0.310 e. The highest BCUT2D eigenvalue weighted by atomic mass is 79.9. The van der Waals surface area contributed by atoms with Crippen molar-refractivity contribution in [1.29, 1.82) is 0 Å². The van der Waals surface area contributed by atoms with Crippen molar-refractivity contribution in [2.24, 2.45) is 0 Å². The van der Waals surface area contributed by atoms with E-state index in [9.17, 15) is 0 Å². The molecular formula is C16H21BrN2S2. The Bertz CT molecular complexity index is 564. The maximum absolute atomic E-state index is 4.79. The molecule has 1 aromatic carbocycles. The Morgan fingerprint density at radius 1 is 1.29 bits per heavy atom. The van der Waals surface area contributed by atoms with Gasteiger partial charge in [0.15, 0.2) is 0 Å². The van der Waals surface area contributed by atoms with E-state index in [0.29, 0.717) is 6.04 Å². The van der Waals surface area contributed by atoms with E-state index in [1.54, 1.807) is 0 Å². The second-order valence-electron chi connectivity index (χ2n) is 5.11. The number of hydrogen-bond acceptors (Lipinski definition) is 4. The molecule has 1 heterocycles. The van der Waals surface area contributed by atoms with E-state index in [-0.39, 0.29) is 0 Å². The summed E-state index contributed by atoms with van der Waals surface area (Å²) in [6.45, 7) is 7.47. The molecule has 0 unspecified atom stereocenters. The smallest absolute Gasteiger partial charge is 0.103 e. The van der Waals surface area contributed by atoms with Gasteiger partial charge in [-0.25, -0.2) is 4.98 Å². The summed E-state index contributed by atoms with van der Waals surface area (Å²) >= 11 is 7.16. The fourth-order valence-corrected chi connectivity index (χ4v) is 4.15. The molecule has 0 atom stereocenters. The molecule has 1 N–H and O–H groups in total. The summed E-state index contributed by atoms with van der Waals surface area (Å²) in [4.78, 5) is 7.46. The first kappa shape index (κ1) is 17.0. The first-order valence-electron chi connectivity index (χ1n) is 7.17. The summed E-state index contributed by atoms with van der Waals surface area (Å²) in [6.07, 6.45) is 1.01. The van der Waals surface area contributed by atoms with Gasteiger partial charge in [0.2, 0.25) is 0 Å². The van der Waals surface area contributed by atoms with Crippen molar-refractivity contribution in [2.45, 2.75) is 50.4 Å². The van der Waals surface area contributed by atoms with Gasteiger partial charge < -0.3 is 5.32 Å². The minimum Gasteiger partial charge on any atom is -0.310 e. The average Bonchev–Trinajstić information content (AvgIpc) is 2.87. The fourth-order valence-electron chi connectivity index (χ4n) is 1.89. The van der Waals surface area contributed by atoms with Gasteiger partial charge in [0.05, 0.1) is 11.4 Å². The third-order valence-electron chi connectivity index (χ3n) is 3.00. The molecular weight excluding hydrogens is 364 g/mol. The maximum Gasteiger partial charge on any atom is 0.103 e. The second-order valence-corrected chi connectivity index (χ2v) is 8.24. The van der Waals surface area contributed by atoms with Gasteiger partial charge in [-0.15, -0.1) is 23.1 Å². The highest BCUT2D eigenvalue weighted by Gasteiger charge is 2.10. The average molecular weight is 385 g/mol. The number of aryl methyl sites for hydroxylation is 1. The number of benzene rings is 1. The SMILES string of the molecule is CCc1nc(CSc2ccc(Br)cc2)sc1CNC(C)C. The summed E-state index contributed by atoms with van der Waals surface area (Å²) in [7, 11) is 0. The van der Waals surface area contributed by atoms with Gasteiger partial charge in [0.1, 0.15) is 5.01 Å². The molecule has 2 rings (SSSR count). The minimum absolute atomic E-state index is 0.511. The predicted molar refractivity (Wildman–Crippen MR) is 97.2 cm³/mol. The van der Waals surface area contributed by atoms with Crippen LogP contribution in [-0.4, -0.2) is 11.0 Å². The summed E-state index contributed by atoms with van der Waals surface area (Å²) in [6, 6.07) is 8.96. The minimum atomic E-state index is 0.511. The number of aromatic nitrogens is 1. The van der Waals surface area contributed by atoms with Crippen molar-refractivity contribution in [3.8, 4) is 0 Å². The molecule has 0 fully saturated rings. The third kappa shape index (κ3) is 5.40. The third-order valence-corrected chi connectivity index (χ3v) is 5.84. The molecule has 5 heteroatoms. The standard InChI is InChI=1S/C16H21BrN2S2/c1-4-14-15(9-18-11(2)3)21-16(19-14)10-20-13-7-5-12(17)6-8-13/h5-8,11,18H,4,9-10H2,1-3H3. The lowest BCUT2D eigenvalue weighted by Gasteiger charge is -2.06. The molecule has 21 heavy (non-hydrogen) atoms. The fraction of sp³-hybridized carbons (Fsp3) is 0.438. The van der Waals surface area contributed by atoms with Crippen LogP contribution in [0.25, 0.3) is 0 Å². The van der Waals surface area contributed by atoms with Crippen molar-refractivity contribution in [2.75, 3.05) is 0 Å². The number of nitrogens with one attached hydrogen (secondary N) is 1. The lowest BCUT2D eigenvalue weighted by Crippen LogP contribution is -2.21. The molecule has 0 bridgehead atoms. The van der Waals surface area contributed by atoms with E-state index >= 15 is 0 Å². The highest BCUT2D eigenvalue weighted by molar-refractivity contribution is 9.10. The Balaban J connectivity index is 1.98. The van der Waals surface area contributed by atoms with Crippen LogP contribution in [0, 0.1) is 0 Å². The Morgan fingerprint density at radius 3 is 2.62 bits per heavy atom. The van der Waals surface area contributed by atoms with Gasteiger partial charge in [-0.3, -0.25) is 0 Å². The van der Waals surface area contributed by atoms with Crippen LogP contribution in [0.1, 0.15) is 36.3 Å². The van der Waals surface area contributed by atoms with Crippen LogP contribution in [0.4, 0.5) is 0 Å². The van der Waals surface area contributed by atoms with E-state index in [0.717, 1.165) is 23.2 Å². The van der Waals surface area contributed by atoms with Gasteiger partial charge in [-0.2, -0.15) is 0 Å². The quantitative estimate of drug-likeness (QED) is 0.659. The molecule has 2 aromatic rings. The highest BCUT2D eigenvalue weighted by Crippen LogP contribution is 2.28. The monoisotopic (exact) mass is 384 g/mol. The van der Waals surface area contributed by atoms with Gasteiger partial charge in [0.25, 0.3) is 0 Å². The van der Waals surface area contributed by atoms with Crippen LogP contribution in [0.5, 0.6) is 0 Å². The van der Waals surface area contributed by atoms with E-state index < -0.39 is 0 Å². The van der Waals surface area contributed by atoms with E-state index in [2.05, 4.69) is 66.3 Å². The Hall–Kier alpha value is -0.360. The zero-order valence-corrected chi connectivity index (χ0v) is 15.9. The van der Waals surface area contributed by atoms with Crippen molar-refractivity contribution in [1.82, 2.24) is 10.3 Å². The molecule has 2 nitrogen and oxygen atoms in total. The second kappa shape index (κ2) is 8.32. The number of hydrogen-bond donors (Lipinski definition) is 1. The lowest BCUT2D eigenvalue weighted by atomic mass is 10.3. The van der Waals surface area contributed by atoms with E-state index in [1.165, 1.54) is 20.5 Å². The number of nitrogens with zero attached hydrogens (tertiary/aromatic N) is 1. The van der Waals surface area contributed by atoms with Gasteiger partial charge >= 0.3 is 0 Å². The maximum atomic E-state index is 4.79.